The van der Waals surface area contributed by atoms with Crippen LogP contribution in [-0.2, 0) is 17.8 Å². The zero-order chi connectivity index (χ0) is 16.9. The number of hydrogen-bond donors (Lipinski definition) is 1. The van der Waals surface area contributed by atoms with Gasteiger partial charge >= 0.3 is 0 Å². The molecule has 2 aromatic carbocycles. The summed E-state index contributed by atoms with van der Waals surface area (Å²) in [5.41, 5.74) is 3.29. The molecule has 4 nitrogen and oxygen atoms in total. The molecular weight excluding hydrogens is 300 g/mol. The van der Waals surface area contributed by atoms with Crippen molar-refractivity contribution in [3.63, 3.8) is 0 Å². The number of carbonyl (C=O) groups excluding carboxylic acids is 1. The van der Waals surface area contributed by atoms with Crippen LogP contribution in [0.2, 0.25) is 0 Å². The highest BCUT2D eigenvalue weighted by Crippen LogP contribution is 2.19. The van der Waals surface area contributed by atoms with E-state index in [0.717, 1.165) is 34.3 Å². The first kappa shape index (κ1) is 16.1. The van der Waals surface area contributed by atoms with Gasteiger partial charge in [0.05, 0.1) is 7.11 Å². The van der Waals surface area contributed by atoms with Crippen LogP contribution in [0.3, 0.4) is 0 Å². The summed E-state index contributed by atoms with van der Waals surface area (Å²) >= 11 is 0. The van der Waals surface area contributed by atoms with Gasteiger partial charge in [0.15, 0.2) is 0 Å². The van der Waals surface area contributed by atoms with Crippen molar-refractivity contribution in [2.24, 2.45) is 0 Å². The van der Waals surface area contributed by atoms with Crippen LogP contribution in [0.4, 0.5) is 0 Å². The minimum atomic E-state index is 0.0225. The fraction of sp³-hybridized carbons (Fsp3) is 0.250. The van der Waals surface area contributed by atoms with Gasteiger partial charge in [-0.2, -0.15) is 0 Å². The maximum absolute atomic E-state index is 12.3. The van der Waals surface area contributed by atoms with E-state index in [1.807, 2.05) is 54.0 Å². The number of para-hydroxylation sites is 2. The molecule has 0 fully saturated rings. The van der Waals surface area contributed by atoms with Crippen molar-refractivity contribution in [1.29, 1.82) is 0 Å². The third-order valence-electron chi connectivity index (χ3n) is 4.23. The Morgan fingerprint density at radius 1 is 1.12 bits per heavy atom. The van der Waals surface area contributed by atoms with Crippen LogP contribution in [-0.4, -0.2) is 24.1 Å². The van der Waals surface area contributed by atoms with Gasteiger partial charge in [-0.15, -0.1) is 0 Å². The number of rotatable bonds is 6. The van der Waals surface area contributed by atoms with E-state index < -0.39 is 0 Å². The summed E-state index contributed by atoms with van der Waals surface area (Å²) in [4.78, 5) is 12.3. The Balaban J connectivity index is 1.60. The molecule has 124 valence electrons. The standard InChI is InChI=1S/C20H22N2O2/c1-15-13-17-8-3-5-9-18(17)22(15)14-20(23)21-12-11-16-7-4-6-10-19(16)24-2/h3-10,13H,11-12,14H2,1-2H3,(H,21,23). The van der Waals surface area contributed by atoms with Gasteiger partial charge in [-0.25, -0.2) is 0 Å². The van der Waals surface area contributed by atoms with Crippen LogP contribution in [0.25, 0.3) is 10.9 Å². The Morgan fingerprint density at radius 2 is 1.88 bits per heavy atom. The molecule has 0 spiro atoms. The Labute approximate surface area is 142 Å². The average Bonchev–Trinajstić information content (AvgIpc) is 2.91. The molecule has 0 aliphatic rings. The second kappa shape index (κ2) is 7.21. The highest BCUT2D eigenvalue weighted by Gasteiger charge is 2.09. The van der Waals surface area contributed by atoms with Gasteiger partial charge in [0, 0.05) is 17.8 Å². The van der Waals surface area contributed by atoms with E-state index in [2.05, 4.69) is 17.4 Å². The summed E-state index contributed by atoms with van der Waals surface area (Å²) in [6, 6.07) is 18.1. The number of amides is 1. The number of nitrogens with one attached hydrogen (secondary N) is 1. The van der Waals surface area contributed by atoms with Gasteiger partial charge in [-0.3, -0.25) is 4.79 Å². The molecule has 1 heterocycles. The molecule has 3 aromatic rings. The summed E-state index contributed by atoms with van der Waals surface area (Å²) in [5, 5.41) is 4.16. The van der Waals surface area contributed by atoms with E-state index in [1.165, 1.54) is 0 Å². The number of benzene rings is 2. The summed E-state index contributed by atoms with van der Waals surface area (Å²) in [6.07, 6.45) is 0.751. The van der Waals surface area contributed by atoms with Gasteiger partial charge in [-0.05, 0) is 42.5 Å². The molecule has 3 rings (SSSR count). The van der Waals surface area contributed by atoms with Crippen molar-refractivity contribution < 1.29 is 9.53 Å². The first-order valence-electron chi connectivity index (χ1n) is 8.12. The highest BCUT2D eigenvalue weighted by molar-refractivity contribution is 5.84. The summed E-state index contributed by atoms with van der Waals surface area (Å²) in [6.45, 7) is 2.96. The molecule has 0 radical (unpaired) electrons. The maximum atomic E-state index is 12.3. The quantitative estimate of drug-likeness (QED) is 0.756. The van der Waals surface area contributed by atoms with Crippen molar-refractivity contribution in [2.75, 3.05) is 13.7 Å². The molecule has 0 atom stereocenters. The molecule has 4 heteroatoms. The highest BCUT2D eigenvalue weighted by atomic mass is 16.5. The predicted octanol–water partition coefficient (Wildman–Crippen LogP) is 3.32. The van der Waals surface area contributed by atoms with Gasteiger partial charge < -0.3 is 14.6 Å². The average molecular weight is 322 g/mol. The number of aromatic nitrogens is 1. The van der Waals surface area contributed by atoms with Crippen molar-refractivity contribution in [2.45, 2.75) is 19.9 Å². The lowest BCUT2D eigenvalue weighted by Gasteiger charge is -2.11. The molecule has 0 bridgehead atoms. The second-order valence-electron chi connectivity index (χ2n) is 5.84. The Morgan fingerprint density at radius 3 is 2.71 bits per heavy atom. The van der Waals surface area contributed by atoms with Crippen LogP contribution in [0.5, 0.6) is 5.75 Å². The third kappa shape index (κ3) is 3.43. The van der Waals surface area contributed by atoms with Gasteiger partial charge in [0.1, 0.15) is 12.3 Å². The summed E-state index contributed by atoms with van der Waals surface area (Å²) < 4.78 is 7.38. The fourth-order valence-corrected chi connectivity index (χ4v) is 3.00. The number of ether oxygens (including phenoxy) is 1. The third-order valence-corrected chi connectivity index (χ3v) is 4.23. The summed E-state index contributed by atoms with van der Waals surface area (Å²) in [5.74, 6) is 0.883. The molecule has 1 aromatic heterocycles. The number of nitrogens with zero attached hydrogens (tertiary/aromatic N) is 1. The molecule has 0 saturated heterocycles. The lowest BCUT2D eigenvalue weighted by molar-refractivity contribution is -0.121. The molecule has 0 saturated carbocycles. The zero-order valence-electron chi connectivity index (χ0n) is 14.1. The van der Waals surface area contributed by atoms with Crippen molar-refractivity contribution in [1.82, 2.24) is 9.88 Å². The summed E-state index contributed by atoms with van der Waals surface area (Å²) in [7, 11) is 1.66. The Kier molecular flexibility index (Phi) is 4.85. The van der Waals surface area contributed by atoms with E-state index in [4.69, 9.17) is 4.74 Å². The molecule has 0 aliphatic heterocycles. The fourth-order valence-electron chi connectivity index (χ4n) is 3.00. The smallest absolute Gasteiger partial charge is 0.239 e. The Hall–Kier alpha value is -2.75. The largest absolute Gasteiger partial charge is 0.496 e. The second-order valence-corrected chi connectivity index (χ2v) is 5.84. The first-order chi connectivity index (χ1) is 11.7. The lowest BCUT2D eigenvalue weighted by atomic mass is 10.1. The van der Waals surface area contributed by atoms with E-state index in [-0.39, 0.29) is 5.91 Å². The topological polar surface area (TPSA) is 43.3 Å². The minimum Gasteiger partial charge on any atom is -0.496 e. The lowest BCUT2D eigenvalue weighted by Crippen LogP contribution is -2.29. The van der Waals surface area contributed by atoms with Crippen molar-refractivity contribution in [3.8, 4) is 5.75 Å². The zero-order valence-corrected chi connectivity index (χ0v) is 14.1. The molecule has 1 N–H and O–H groups in total. The number of fused-ring (bicyclic) bond motifs is 1. The minimum absolute atomic E-state index is 0.0225. The van der Waals surface area contributed by atoms with E-state index >= 15 is 0 Å². The van der Waals surface area contributed by atoms with Crippen LogP contribution >= 0.6 is 0 Å². The van der Waals surface area contributed by atoms with Crippen LogP contribution in [0, 0.1) is 6.92 Å². The van der Waals surface area contributed by atoms with Crippen molar-refractivity contribution in [3.05, 3.63) is 65.9 Å². The van der Waals surface area contributed by atoms with Crippen molar-refractivity contribution >= 4 is 16.8 Å². The number of carbonyl (C=O) groups is 1. The number of aryl methyl sites for hydroxylation is 1. The number of methoxy groups -OCH3 is 1. The van der Waals surface area contributed by atoms with Gasteiger partial charge in [0.2, 0.25) is 5.91 Å². The number of hydrogen-bond acceptors (Lipinski definition) is 2. The predicted molar refractivity (Wildman–Crippen MR) is 96.4 cm³/mol. The maximum Gasteiger partial charge on any atom is 0.239 e. The molecule has 0 unspecified atom stereocenters. The molecule has 1 amide bonds. The van der Waals surface area contributed by atoms with Crippen LogP contribution in [0.1, 0.15) is 11.3 Å². The van der Waals surface area contributed by atoms with E-state index in [0.29, 0.717) is 13.1 Å². The normalized spacial score (nSPS) is 10.8. The monoisotopic (exact) mass is 322 g/mol. The van der Waals surface area contributed by atoms with Crippen LogP contribution in [0.15, 0.2) is 54.6 Å². The first-order valence-corrected chi connectivity index (χ1v) is 8.12. The van der Waals surface area contributed by atoms with Crippen LogP contribution < -0.4 is 10.1 Å². The SMILES string of the molecule is COc1ccccc1CCNC(=O)Cn1c(C)cc2ccccc21. The molecular formula is C20H22N2O2. The molecule has 24 heavy (non-hydrogen) atoms. The van der Waals surface area contributed by atoms with Gasteiger partial charge in [0.25, 0.3) is 0 Å². The van der Waals surface area contributed by atoms with E-state index in [9.17, 15) is 4.79 Å². The molecule has 0 aliphatic carbocycles. The van der Waals surface area contributed by atoms with E-state index in [1.54, 1.807) is 7.11 Å². The Bertz CT molecular complexity index is 852. The van der Waals surface area contributed by atoms with Gasteiger partial charge in [-0.1, -0.05) is 36.4 Å².